The van der Waals surface area contributed by atoms with Gasteiger partial charge in [0.15, 0.2) is 5.01 Å². The number of aromatic nitrogens is 2. The number of hydrogen-bond donors (Lipinski definition) is 1. The number of hydrogen-bond acceptors (Lipinski definition) is 6. The van der Waals surface area contributed by atoms with E-state index in [9.17, 15) is 0 Å². The summed E-state index contributed by atoms with van der Waals surface area (Å²) in [5.74, 6) is 0. The second-order valence-corrected chi connectivity index (χ2v) is 4.92. The summed E-state index contributed by atoms with van der Waals surface area (Å²) in [7, 11) is 1.71. The van der Waals surface area contributed by atoms with Crippen molar-refractivity contribution in [2.24, 2.45) is 0 Å². The molecule has 0 aromatic carbocycles. The summed E-state index contributed by atoms with van der Waals surface area (Å²) in [5, 5.41) is 13.6. The molecule has 0 aliphatic rings. The van der Waals surface area contributed by atoms with Crippen LogP contribution in [0.4, 0.5) is 0 Å². The number of methoxy groups -OCH3 is 1. The summed E-state index contributed by atoms with van der Waals surface area (Å²) in [4.78, 5) is 0. The first-order valence-corrected chi connectivity index (χ1v) is 6.76. The van der Waals surface area contributed by atoms with E-state index in [1.807, 2.05) is 6.07 Å². The molecule has 0 aliphatic heterocycles. The number of nitrogens with one attached hydrogen (secondary N) is 1. The van der Waals surface area contributed by atoms with E-state index in [2.05, 4.69) is 15.5 Å². The second kappa shape index (κ2) is 7.25. The van der Waals surface area contributed by atoms with Gasteiger partial charge in [0.1, 0.15) is 11.3 Å². The average molecular weight is 267 g/mol. The molecule has 0 saturated carbocycles. The highest BCUT2D eigenvalue weighted by Gasteiger charge is 2.07. The normalized spacial score (nSPS) is 10.9. The minimum Gasteiger partial charge on any atom is -0.472 e. The minimum absolute atomic E-state index is 0.753. The Hall–Kier alpha value is -1.24. The summed E-state index contributed by atoms with van der Waals surface area (Å²) in [6.45, 7) is 2.63. The fourth-order valence-electron chi connectivity index (χ4n) is 1.52. The van der Waals surface area contributed by atoms with Gasteiger partial charge < -0.3 is 14.5 Å². The van der Waals surface area contributed by atoms with Gasteiger partial charge in [-0.3, -0.25) is 0 Å². The molecule has 2 rings (SSSR count). The van der Waals surface area contributed by atoms with Crippen molar-refractivity contribution in [1.82, 2.24) is 15.5 Å². The summed E-state index contributed by atoms with van der Waals surface area (Å²) in [5.41, 5.74) is 0.997. The molecule has 0 radical (unpaired) electrons. The highest BCUT2D eigenvalue weighted by Crippen LogP contribution is 2.24. The van der Waals surface area contributed by atoms with Crippen LogP contribution in [0.1, 0.15) is 11.4 Å². The Labute approximate surface area is 110 Å². The van der Waals surface area contributed by atoms with Crippen LogP contribution in [0.25, 0.3) is 10.6 Å². The van der Waals surface area contributed by atoms with Crippen LogP contribution in [0.3, 0.4) is 0 Å². The third-order valence-electron chi connectivity index (χ3n) is 2.46. The quantitative estimate of drug-likeness (QED) is 0.741. The van der Waals surface area contributed by atoms with Gasteiger partial charge in [-0.1, -0.05) is 11.3 Å². The topological polar surface area (TPSA) is 60.2 Å². The standard InChI is InChI=1S/C12H17N3O2S/c1-16-8-6-13-5-2-3-11-14-15-12(18-11)10-4-7-17-9-10/h4,7,9,13H,2-3,5-6,8H2,1H3. The third kappa shape index (κ3) is 3.90. The molecule has 2 aromatic rings. The Morgan fingerprint density at radius 3 is 3.11 bits per heavy atom. The molecular weight excluding hydrogens is 250 g/mol. The molecule has 0 fully saturated rings. The first-order valence-electron chi connectivity index (χ1n) is 5.95. The van der Waals surface area contributed by atoms with Crippen molar-refractivity contribution in [2.45, 2.75) is 12.8 Å². The largest absolute Gasteiger partial charge is 0.472 e. The highest BCUT2D eigenvalue weighted by molar-refractivity contribution is 7.14. The molecule has 0 amide bonds. The fourth-order valence-corrected chi connectivity index (χ4v) is 2.39. The number of furan rings is 1. The molecule has 5 nitrogen and oxygen atoms in total. The van der Waals surface area contributed by atoms with Gasteiger partial charge in [-0.15, -0.1) is 10.2 Å². The predicted octanol–water partition coefficient (Wildman–Crippen LogP) is 1.97. The van der Waals surface area contributed by atoms with Crippen molar-refractivity contribution < 1.29 is 9.15 Å². The van der Waals surface area contributed by atoms with E-state index in [4.69, 9.17) is 9.15 Å². The van der Waals surface area contributed by atoms with E-state index in [0.29, 0.717) is 0 Å². The van der Waals surface area contributed by atoms with Crippen molar-refractivity contribution in [3.8, 4) is 10.6 Å². The molecule has 0 atom stereocenters. The predicted molar refractivity (Wildman–Crippen MR) is 70.7 cm³/mol. The molecule has 98 valence electrons. The molecule has 6 heteroatoms. The van der Waals surface area contributed by atoms with Crippen LogP contribution in [0.5, 0.6) is 0 Å². The smallest absolute Gasteiger partial charge is 0.151 e. The molecule has 18 heavy (non-hydrogen) atoms. The molecule has 0 bridgehead atoms. The van der Waals surface area contributed by atoms with Crippen LogP contribution in [0.2, 0.25) is 0 Å². The van der Waals surface area contributed by atoms with E-state index in [1.165, 1.54) is 0 Å². The molecule has 2 aromatic heterocycles. The zero-order valence-corrected chi connectivity index (χ0v) is 11.2. The first-order chi connectivity index (χ1) is 8.90. The lowest BCUT2D eigenvalue weighted by Gasteiger charge is -2.01. The maximum absolute atomic E-state index is 5.03. The zero-order chi connectivity index (χ0) is 12.6. The van der Waals surface area contributed by atoms with E-state index in [0.717, 1.165) is 48.1 Å². The summed E-state index contributed by atoms with van der Waals surface area (Å²) in [6.07, 6.45) is 5.35. The molecule has 0 unspecified atom stereocenters. The second-order valence-electron chi connectivity index (χ2n) is 3.86. The van der Waals surface area contributed by atoms with E-state index in [1.54, 1.807) is 31.0 Å². The van der Waals surface area contributed by atoms with Gasteiger partial charge in [-0.05, 0) is 19.0 Å². The number of ether oxygens (including phenoxy) is 1. The fraction of sp³-hybridized carbons (Fsp3) is 0.500. The Morgan fingerprint density at radius 1 is 1.39 bits per heavy atom. The third-order valence-corrected chi connectivity index (χ3v) is 3.49. The van der Waals surface area contributed by atoms with Crippen LogP contribution in [0, 0.1) is 0 Å². The minimum atomic E-state index is 0.753. The first kappa shape index (κ1) is 13.2. The zero-order valence-electron chi connectivity index (χ0n) is 10.4. The van der Waals surface area contributed by atoms with E-state index in [-0.39, 0.29) is 0 Å². The van der Waals surface area contributed by atoms with Crippen molar-refractivity contribution in [3.63, 3.8) is 0 Å². The van der Waals surface area contributed by atoms with Crippen LogP contribution < -0.4 is 5.32 Å². The SMILES string of the molecule is COCCNCCCc1nnc(-c2ccoc2)s1. The van der Waals surface area contributed by atoms with Gasteiger partial charge in [0, 0.05) is 20.1 Å². The molecule has 0 spiro atoms. The Kier molecular flexibility index (Phi) is 5.32. The molecule has 1 N–H and O–H groups in total. The van der Waals surface area contributed by atoms with E-state index < -0.39 is 0 Å². The number of nitrogens with zero attached hydrogens (tertiary/aromatic N) is 2. The Bertz CT molecular complexity index is 442. The van der Waals surface area contributed by atoms with Crippen molar-refractivity contribution in [1.29, 1.82) is 0 Å². The highest BCUT2D eigenvalue weighted by atomic mass is 32.1. The average Bonchev–Trinajstić information content (AvgIpc) is 3.03. The molecular formula is C12H17N3O2S. The van der Waals surface area contributed by atoms with Crippen LogP contribution in [-0.4, -0.2) is 37.0 Å². The van der Waals surface area contributed by atoms with Gasteiger partial charge in [0.2, 0.25) is 0 Å². The summed E-state index contributed by atoms with van der Waals surface area (Å²) >= 11 is 1.62. The lowest BCUT2D eigenvalue weighted by molar-refractivity contribution is 0.199. The molecule has 2 heterocycles. The van der Waals surface area contributed by atoms with Gasteiger partial charge in [-0.25, -0.2) is 0 Å². The molecule has 0 aliphatic carbocycles. The summed E-state index contributed by atoms with van der Waals surface area (Å²) in [6, 6.07) is 1.90. The Morgan fingerprint density at radius 2 is 2.33 bits per heavy atom. The molecule has 0 saturated heterocycles. The maximum Gasteiger partial charge on any atom is 0.151 e. The van der Waals surface area contributed by atoms with Gasteiger partial charge in [-0.2, -0.15) is 0 Å². The number of rotatable bonds is 8. The maximum atomic E-state index is 5.03. The van der Waals surface area contributed by atoms with Crippen LogP contribution in [0.15, 0.2) is 23.0 Å². The van der Waals surface area contributed by atoms with Crippen molar-refractivity contribution in [3.05, 3.63) is 23.6 Å². The van der Waals surface area contributed by atoms with E-state index >= 15 is 0 Å². The van der Waals surface area contributed by atoms with Gasteiger partial charge in [0.05, 0.1) is 18.4 Å². The lowest BCUT2D eigenvalue weighted by Crippen LogP contribution is -2.20. The van der Waals surface area contributed by atoms with Crippen LogP contribution >= 0.6 is 11.3 Å². The monoisotopic (exact) mass is 267 g/mol. The summed E-state index contributed by atoms with van der Waals surface area (Å²) < 4.78 is 9.99. The van der Waals surface area contributed by atoms with Gasteiger partial charge >= 0.3 is 0 Å². The lowest BCUT2D eigenvalue weighted by atomic mass is 10.3. The van der Waals surface area contributed by atoms with Crippen LogP contribution in [-0.2, 0) is 11.2 Å². The van der Waals surface area contributed by atoms with Gasteiger partial charge in [0.25, 0.3) is 0 Å². The number of aryl methyl sites for hydroxylation is 1. The Balaban J connectivity index is 1.71. The van der Waals surface area contributed by atoms with Crippen molar-refractivity contribution in [2.75, 3.05) is 26.8 Å². The van der Waals surface area contributed by atoms with Crippen molar-refractivity contribution >= 4 is 11.3 Å².